The van der Waals surface area contributed by atoms with Gasteiger partial charge in [0.15, 0.2) is 16.1 Å². The topological polar surface area (TPSA) is 75.9 Å². The molecule has 0 aliphatic carbocycles. The molecule has 7 nitrogen and oxygen atoms in total. The molecule has 2 aromatic carbocycles. The molecule has 2 heterocycles. The van der Waals surface area contributed by atoms with E-state index in [2.05, 4.69) is 59.1 Å². The van der Waals surface area contributed by atoms with Gasteiger partial charge in [0.05, 0.1) is 11.4 Å². The van der Waals surface area contributed by atoms with E-state index in [4.69, 9.17) is 0 Å². The minimum Gasteiger partial charge on any atom is -0.378 e. The number of nitrogens with one attached hydrogen (secondary N) is 1. The molecule has 0 radical (unpaired) electrons. The number of hydrogen-bond donors (Lipinski definition) is 1. The van der Waals surface area contributed by atoms with Crippen molar-refractivity contribution in [3.8, 4) is 22.6 Å². The normalized spacial score (nSPS) is 10.9. The Morgan fingerprint density at radius 1 is 1.11 bits per heavy atom. The van der Waals surface area contributed by atoms with E-state index in [1.54, 1.807) is 6.08 Å². The third-order valence-electron chi connectivity index (χ3n) is 5.56. The number of allylic oxidation sites excluding steroid dienone is 1. The van der Waals surface area contributed by atoms with Gasteiger partial charge in [-0.05, 0) is 55.3 Å². The van der Waals surface area contributed by atoms with Crippen molar-refractivity contribution in [2.45, 2.75) is 25.5 Å². The summed E-state index contributed by atoms with van der Waals surface area (Å²) in [5.41, 5.74) is 6.43. The highest BCUT2D eigenvalue weighted by Gasteiger charge is 2.16. The van der Waals surface area contributed by atoms with E-state index in [1.165, 1.54) is 34.2 Å². The van der Waals surface area contributed by atoms with E-state index in [0.29, 0.717) is 16.8 Å². The molecule has 0 aliphatic rings. The van der Waals surface area contributed by atoms with Crippen molar-refractivity contribution < 1.29 is 4.79 Å². The van der Waals surface area contributed by atoms with Crippen LogP contribution in [0.2, 0.25) is 0 Å². The number of carbonyl (C=O) groups is 1. The van der Waals surface area contributed by atoms with Gasteiger partial charge in [0.25, 0.3) is 0 Å². The van der Waals surface area contributed by atoms with Crippen molar-refractivity contribution >= 4 is 39.8 Å². The van der Waals surface area contributed by atoms with Crippen molar-refractivity contribution in [1.82, 2.24) is 19.7 Å². The predicted octanol–water partition coefficient (Wildman–Crippen LogP) is 5.67. The van der Waals surface area contributed by atoms with Crippen molar-refractivity contribution in [3.05, 3.63) is 71.6 Å². The zero-order valence-electron chi connectivity index (χ0n) is 20.3. The number of rotatable bonds is 9. The third kappa shape index (κ3) is 5.80. The summed E-state index contributed by atoms with van der Waals surface area (Å²) in [5.74, 6) is 0.810. The Morgan fingerprint density at radius 3 is 2.54 bits per heavy atom. The molecule has 0 saturated heterocycles. The van der Waals surface area contributed by atoms with Crippen LogP contribution >= 0.6 is 23.1 Å². The number of anilines is 2. The lowest BCUT2D eigenvalue weighted by molar-refractivity contribution is -0.113. The van der Waals surface area contributed by atoms with Crippen LogP contribution in [-0.4, -0.2) is 45.5 Å². The molecular weight excluding hydrogens is 476 g/mol. The van der Waals surface area contributed by atoms with E-state index in [1.807, 2.05) is 53.2 Å². The average Bonchev–Trinajstić information content (AvgIpc) is 3.47. The summed E-state index contributed by atoms with van der Waals surface area (Å²) in [6, 6.07) is 14.4. The van der Waals surface area contributed by atoms with Crippen LogP contribution in [0.15, 0.2) is 65.7 Å². The molecule has 4 aromatic rings. The zero-order valence-corrected chi connectivity index (χ0v) is 21.9. The number of nitrogens with zero attached hydrogens (tertiary/aromatic N) is 5. The van der Waals surface area contributed by atoms with Gasteiger partial charge < -0.3 is 10.2 Å². The largest absolute Gasteiger partial charge is 0.378 e. The first-order chi connectivity index (χ1) is 16.9. The van der Waals surface area contributed by atoms with Crippen molar-refractivity contribution in [3.63, 3.8) is 0 Å². The fourth-order valence-electron chi connectivity index (χ4n) is 3.46. The molecule has 1 amide bonds. The van der Waals surface area contributed by atoms with Gasteiger partial charge in [0.1, 0.15) is 0 Å². The van der Waals surface area contributed by atoms with Crippen LogP contribution in [0.1, 0.15) is 11.1 Å². The van der Waals surface area contributed by atoms with Gasteiger partial charge in [-0.25, -0.2) is 4.98 Å². The zero-order chi connectivity index (χ0) is 24.9. The Balaban J connectivity index is 1.42. The maximum absolute atomic E-state index is 12.6. The molecule has 2 aromatic heterocycles. The summed E-state index contributed by atoms with van der Waals surface area (Å²) in [5, 5.41) is 14.8. The predicted molar refractivity (Wildman–Crippen MR) is 146 cm³/mol. The van der Waals surface area contributed by atoms with Crippen molar-refractivity contribution in [2.75, 3.05) is 30.1 Å². The van der Waals surface area contributed by atoms with Gasteiger partial charge in [0.2, 0.25) is 5.91 Å². The fourth-order valence-corrected chi connectivity index (χ4v) is 4.94. The number of benzene rings is 2. The van der Waals surface area contributed by atoms with E-state index < -0.39 is 0 Å². The average molecular weight is 505 g/mol. The number of thioether (sulfide) groups is 1. The van der Waals surface area contributed by atoms with Crippen LogP contribution < -0.4 is 10.2 Å². The number of carbonyl (C=O) groups excluding carboxylic acids is 1. The maximum atomic E-state index is 12.6. The van der Waals surface area contributed by atoms with Gasteiger partial charge in [-0.15, -0.1) is 28.1 Å². The maximum Gasteiger partial charge on any atom is 0.236 e. The van der Waals surface area contributed by atoms with Gasteiger partial charge in [-0.2, -0.15) is 0 Å². The fraction of sp³-hybridized carbons (Fsp3) is 0.231. The Hall–Kier alpha value is -3.43. The van der Waals surface area contributed by atoms with Crippen LogP contribution in [0.4, 0.5) is 10.8 Å². The first-order valence-electron chi connectivity index (χ1n) is 11.1. The minimum absolute atomic E-state index is 0.138. The second-order valence-corrected chi connectivity index (χ2v) is 10.1. The summed E-state index contributed by atoms with van der Waals surface area (Å²) in [6.45, 7) is 8.58. The lowest BCUT2D eigenvalue weighted by atomic mass is 10.1. The number of thiazole rings is 1. The number of aryl methyl sites for hydroxylation is 2. The van der Waals surface area contributed by atoms with E-state index in [-0.39, 0.29) is 11.7 Å². The Morgan fingerprint density at radius 2 is 1.86 bits per heavy atom. The second-order valence-electron chi connectivity index (χ2n) is 8.32. The molecule has 4 rings (SSSR count). The molecular formula is C26H28N6OS2. The highest BCUT2D eigenvalue weighted by molar-refractivity contribution is 7.99. The lowest BCUT2D eigenvalue weighted by Crippen LogP contribution is -2.14. The Labute approximate surface area is 213 Å². The number of hydrogen-bond acceptors (Lipinski definition) is 7. The highest BCUT2D eigenvalue weighted by atomic mass is 32.2. The summed E-state index contributed by atoms with van der Waals surface area (Å²) in [4.78, 5) is 19.3. The molecule has 0 spiro atoms. The van der Waals surface area contributed by atoms with Crippen LogP contribution in [0.5, 0.6) is 0 Å². The van der Waals surface area contributed by atoms with Gasteiger partial charge in [-0.3, -0.25) is 9.36 Å². The Bertz CT molecular complexity index is 1340. The molecule has 0 unspecified atom stereocenters. The van der Waals surface area contributed by atoms with E-state index in [0.717, 1.165) is 28.3 Å². The first-order valence-corrected chi connectivity index (χ1v) is 13.0. The lowest BCUT2D eigenvalue weighted by Gasteiger charge is -2.13. The molecule has 180 valence electrons. The molecule has 1 N–H and O–H groups in total. The Kier molecular flexibility index (Phi) is 7.67. The van der Waals surface area contributed by atoms with Crippen molar-refractivity contribution in [2.24, 2.45) is 0 Å². The van der Waals surface area contributed by atoms with Crippen LogP contribution in [0.25, 0.3) is 22.6 Å². The van der Waals surface area contributed by atoms with E-state index in [9.17, 15) is 4.79 Å². The highest BCUT2D eigenvalue weighted by Crippen LogP contribution is 2.28. The molecule has 9 heteroatoms. The molecule has 0 aliphatic heterocycles. The van der Waals surface area contributed by atoms with Gasteiger partial charge in [-0.1, -0.05) is 30.0 Å². The van der Waals surface area contributed by atoms with Crippen LogP contribution in [0.3, 0.4) is 0 Å². The molecule has 0 fully saturated rings. The van der Waals surface area contributed by atoms with Gasteiger partial charge >= 0.3 is 0 Å². The van der Waals surface area contributed by atoms with E-state index >= 15 is 0 Å². The molecule has 0 bridgehead atoms. The number of amides is 1. The summed E-state index contributed by atoms with van der Waals surface area (Å²) < 4.78 is 1.97. The molecule has 0 saturated carbocycles. The smallest absolute Gasteiger partial charge is 0.236 e. The quantitative estimate of drug-likeness (QED) is 0.234. The van der Waals surface area contributed by atoms with Gasteiger partial charge in [0, 0.05) is 42.8 Å². The third-order valence-corrected chi connectivity index (χ3v) is 7.28. The summed E-state index contributed by atoms with van der Waals surface area (Å²) >= 11 is 2.76. The first kappa shape index (κ1) is 24.7. The van der Waals surface area contributed by atoms with Crippen LogP contribution in [-0.2, 0) is 11.3 Å². The van der Waals surface area contributed by atoms with Crippen molar-refractivity contribution in [1.29, 1.82) is 0 Å². The molecule has 35 heavy (non-hydrogen) atoms. The minimum atomic E-state index is -0.138. The number of aromatic nitrogens is 4. The molecule has 0 atom stereocenters. The summed E-state index contributed by atoms with van der Waals surface area (Å²) in [7, 11) is 4.01. The second kappa shape index (κ2) is 10.9. The van der Waals surface area contributed by atoms with Crippen LogP contribution in [0, 0.1) is 13.8 Å². The monoisotopic (exact) mass is 504 g/mol. The summed E-state index contributed by atoms with van der Waals surface area (Å²) in [6.07, 6.45) is 1.80. The standard InChI is InChI=1S/C26H28N6OS2/c1-6-13-32-24(19-9-11-21(12-10-19)31(4)5)29-30-26(32)35-16-23(33)28-25-27-22(15-34-25)20-8-7-17(2)18(3)14-20/h6-12,14-15H,1,13,16H2,2-5H3,(H,27,28,33). The SMILES string of the molecule is C=CCn1c(SCC(=O)Nc2nc(-c3ccc(C)c(C)c3)cs2)nnc1-c1ccc(N(C)C)cc1.